The van der Waals surface area contributed by atoms with Gasteiger partial charge in [0.2, 0.25) is 0 Å². The van der Waals surface area contributed by atoms with E-state index in [9.17, 15) is 0 Å². The van der Waals surface area contributed by atoms with Gasteiger partial charge in [-0.3, -0.25) is 0 Å². The maximum absolute atomic E-state index is 5.32. The summed E-state index contributed by atoms with van der Waals surface area (Å²) in [6.07, 6.45) is 0. The smallest absolute Gasteiger partial charge is 0.160 e. The minimum Gasteiger partial charge on any atom is -0.248 e. The van der Waals surface area contributed by atoms with Gasteiger partial charge in [0.1, 0.15) is 0 Å². The summed E-state index contributed by atoms with van der Waals surface area (Å²) in [7, 11) is 0. The molecule has 0 fully saturated rings. The Kier molecular flexibility index (Phi) is 8.51. The SMILES string of the molecule is c1ccc(-c2cc(-c3ccccc3)cc(-c3cc(-c4ccccc4)nc(-c4ccc5c(ccc6nc(-c7ccccc7)cc(-c7ccccc7)c65)c4)n3)c2)cc1. The van der Waals surface area contributed by atoms with E-state index in [2.05, 4.69) is 200 Å². The number of nitrogens with zero attached hydrogens (tertiary/aromatic N) is 3. The van der Waals surface area contributed by atoms with Crippen LogP contribution in [0.15, 0.2) is 212 Å². The van der Waals surface area contributed by atoms with Crippen molar-refractivity contribution in [3.05, 3.63) is 212 Å². The molecule has 0 aliphatic carbocycles. The van der Waals surface area contributed by atoms with Crippen LogP contribution < -0.4 is 0 Å². The van der Waals surface area contributed by atoms with Crippen molar-refractivity contribution in [2.75, 3.05) is 0 Å². The number of aromatic nitrogens is 3. The molecule has 56 heavy (non-hydrogen) atoms. The molecule has 0 saturated heterocycles. The van der Waals surface area contributed by atoms with E-state index in [4.69, 9.17) is 15.0 Å². The lowest BCUT2D eigenvalue weighted by Gasteiger charge is -2.15. The molecule has 0 N–H and O–H groups in total. The predicted molar refractivity (Wildman–Crippen MR) is 233 cm³/mol. The van der Waals surface area contributed by atoms with E-state index in [-0.39, 0.29) is 0 Å². The van der Waals surface area contributed by atoms with E-state index in [1.165, 1.54) is 0 Å². The summed E-state index contributed by atoms with van der Waals surface area (Å²) >= 11 is 0. The fraction of sp³-hybridized carbons (Fsp3) is 0. The van der Waals surface area contributed by atoms with Gasteiger partial charge in [0.15, 0.2) is 5.82 Å². The normalized spacial score (nSPS) is 11.2. The van der Waals surface area contributed by atoms with Crippen LogP contribution >= 0.6 is 0 Å². The Morgan fingerprint density at radius 1 is 0.268 bits per heavy atom. The van der Waals surface area contributed by atoms with Crippen LogP contribution in [0.5, 0.6) is 0 Å². The summed E-state index contributed by atoms with van der Waals surface area (Å²) < 4.78 is 0. The number of hydrogen-bond acceptors (Lipinski definition) is 3. The van der Waals surface area contributed by atoms with Crippen molar-refractivity contribution in [1.82, 2.24) is 15.0 Å². The molecule has 0 aliphatic heterocycles. The summed E-state index contributed by atoms with van der Waals surface area (Å²) in [5.74, 6) is 0.676. The first-order chi connectivity index (χ1) is 27.7. The van der Waals surface area contributed by atoms with Crippen LogP contribution in [-0.2, 0) is 0 Å². The van der Waals surface area contributed by atoms with E-state index in [1.54, 1.807) is 0 Å². The number of rotatable bonds is 7. The second kappa shape index (κ2) is 14.4. The lowest BCUT2D eigenvalue weighted by atomic mass is 9.93. The first-order valence-electron chi connectivity index (χ1n) is 18.9. The Morgan fingerprint density at radius 3 is 1.29 bits per heavy atom. The number of benzene rings is 8. The summed E-state index contributed by atoms with van der Waals surface area (Å²) in [5, 5.41) is 3.37. The number of pyridine rings is 1. The summed E-state index contributed by atoms with van der Waals surface area (Å²) in [5.41, 5.74) is 14.7. The van der Waals surface area contributed by atoms with Crippen molar-refractivity contribution in [3.63, 3.8) is 0 Å². The van der Waals surface area contributed by atoms with Gasteiger partial charge in [0.05, 0.1) is 22.6 Å². The lowest BCUT2D eigenvalue weighted by molar-refractivity contribution is 1.18. The highest BCUT2D eigenvalue weighted by molar-refractivity contribution is 6.14. The van der Waals surface area contributed by atoms with E-state index < -0.39 is 0 Å². The molecule has 10 aromatic rings. The molecule has 2 aromatic heterocycles. The van der Waals surface area contributed by atoms with Crippen LogP contribution in [0.4, 0.5) is 0 Å². The maximum atomic E-state index is 5.32. The van der Waals surface area contributed by atoms with Crippen molar-refractivity contribution < 1.29 is 0 Å². The molecule has 262 valence electrons. The van der Waals surface area contributed by atoms with Crippen LogP contribution in [0.25, 0.3) is 100 Å². The van der Waals surface area contributed by atoms with Crippen molar-refractivity contribution >= 4 is 21.7 Å². The second-order valence-electron chi connectivity index (χ2n) is 14.0. The van der Waals surface area contributed by atoms with Crippen molar-refractivity contribution in [3.8, 4) is 78.5 Å². The molecule has 10 rings (SSSR count). The zero-order chi connectivity index (χ0) is 37.3. The molecule has 0 radical (unpaired) electrons. The molecule has 0 amide bonds. The van der Waals surface area contributed by atoms with Gasteiger partial charge in [-0.1, -0.05) is 170 Å². The number of fused-ring (bicyclic) bond motifs is 3. The topological polar surface area (TPSA) is 38.7 Å². The van der Waals surface area contributed by atoms with Crippen molar-refractivity contribution in [2.45, 2.75) is 0 Å². The fourth-order valence-electron chi connectivity index (χ4n) is 7.66. The van der Waals surface area contributed by atoms with Crippen molar-refractivity contribution in [1.29, 1.82) is 0 Å². The van der Waals surface area contributed by atoms with Crippen LogP contribution in [0, 0.1) is 0 Å². The third-order valence-electron chi connectivity index (χ3n) is 10.4. The maximum Gasteiger partial charge on any atom is 0.160 e. The third-order valence-corrected chi connectivity index (χ3v) is 10.4. The van der Waals surface area contributed by atoms with E-state index in [0.29, 0.717) is 5.82 Å². The van der Waals surface area contributed by atoms with Gasteiger partial charge in [-0.05, 0) is 86.6 Å². The van der Waals surface area contributed by atoms with Crippen molar-refractivity contribution in [2.24, 2.45) is 0 Å². The zero-order valence-corrected chi connectivity index (χ0v) is 30.5. The van der Waals surface area contributed by atoms with Gasteiger partial charge in [0.25, 0.3) is 0 Å². The average molecular weight is 714 g/mol. The molecule has 0 bridgehead atoms. The Labute approximate surface area is 326 Å². The first-order valence-corrected chi connectivity index (χ1v) is 18.9. The standard InChI is InChI=1S/C53H35N3/c1-6-16-36(17-7-1)43-31-44(37-18-8-2-9-19-37)33-45(32-43)51-35-50(40-24-14-5-15-25-40)55-53(56-51)42-26-28-46-41(30-42)27-29-48-52(46)47(38-20-10-3-11-21-38)34-49(54-48)39-22-12-4-13-23-39/h1-35H. The minimum absolute atomic E-state index is 0.676. The molecular weight excluding hydrogens is 679 g/mol. The summed E-state index contributed by atoms with van der Waals surface area (Å²) in [6, 6.07) is 74.5. The third kappa shape index (κ3) is 6.42. The molecule has 0 saturated carbocycles. The van der Waals surface area contributed by atoms with E-state index in [1.807, 2.05) is 12.1 Å². The molecule has 8 aromatic carbocycles. The monoisotopic (exact) mass is 713 g/mol. The van der Waals surface area contributed by atoms with Gasteiger partial charge in [-0.25, -0.2) is 15.0 Å². The molecule has 3 heteroatoms. The molecule has 0 atom stereocenters. The van der Waals surface area contributed by atoms with Crippen LogP contribution in [-0.4, -0.2) is 15.0 Å². The fourth-order valence-corrected chi connectivity index (χ4v) is 7.66. The summed E-state index contributed by atoms with van der Waals surface area (Å²) in [6.45, 7) is 0. The van der Waals surface area contributed by atoms with E-state index >= 15 is 0 Å². The van der Waals surface area contributed by atoms with Gasteiger partial charge < -0.3 is 0 Å². The molecule has 0 spiro atoms. The minimum atomic E-state index is 0.676. The Hall–Kier alpha value is -7.49. The Bertz CT molecular complexity index is 2920. The first kappa shape index (κ1) is 33.1. The highest BCUT2D eigenvalue weighted by Crippen LogP contribution is 2.39. The molecule has 3 nitrogen and oxygen atoms in total. The number of hydrogen-bond donors (Lipinski definition) is 0. The van der Waals surface area contributed by atoms with Gasteiger partial charge in [-0.2, -0.15) is 0 Å². The molecule has 0 aliphatic rings. The predicted octanol–water partition coefficient (Wildman–Crippen LogP) is 13.8. The van der Waals surface area contributed by atoms with E-state index in [0.717, 1.165) is 94.4 Å². The van der Waals surface area contributed by atoms with Gasteiger partial charge >= 0.3 is 0 Å². The van der Waals surface area contributed by atoms with Crippen LogP contribution in [0.2, 0.25) is 0 Å². The molecular formula is C53H35N3. The Morgan fingerprint density at radius 2 is 0.732 bits per heavy atom. The molecule has 0 unspecified atom stereocenters. The quantitative estimate of drug-likeness (QED) is 0.154. The van der Waals surface area contributed by atoms with Gasteiger partial charge in [-0.15, -0.1) is 0 Å². The highest BCUT2D eigenvalue weighted by Gasteiger charge is 2.16. The second-order valence-corrected chi connectivity index (χ2v) is 14.0. The highest BCUT2D eigenvalue weighted by atomic mass is 14.9. The van der Waals surface area contributed by atoms with Gasteiger partial charge in [0, 0.05) is 27.6 Å². The molecule has 2 heterocycles. The average Bonchev–Trinajstić information content (AvgIpc) is 3.29. The zero-order valence-electron chi connectivity index (χ0n) is 30.5. The van der Waals surface area contributed by atoms with Crippen LogP contribution in [0.3, 0.4) is 0 Å². The summed E-state index contributed by atoms with van der Waals surface area (Å²) in [4.78, 5) is 15.7. The van der Waals surface area contributed by atoms with Crippen LogP contribution in [0.1, 0.15) is 0 Å². The Balaban J connectivity index is 1.16. The lowest BCUT2D eigenvalue weighted by Crippen LogP contribution is -1.97. The largest absolute Gasteiger partial charge is 0.248 e.